The Morgan fingerprint density at radius 3 is 2.28 bits per heavy atom. The molecule has 198 valence electrons. The predicted octanol–water partition coefficient (Wildman–Crippen LogP) is 7.47. The van der Waals surface area contributed by atoms with Crippen LogP contribution in [0, 0.1) is 11.8 Å². The molecule has 1 heterocycles. The molecule has 1 N–H and O–H groups in total. The Bertz CT molecular complexity index is 962. The van der Waals surface area contributed by atoms with Crippen molar-refractivity contribution in [1.82, 2.24) is 9.97 Å². The van der Waals surface area contributed by atoms with E-state index in [9.17, 15) is 9.59 Å². The Balaban J connectivity index is 1.44. The van der Waals surface area contributed by atoms with Gasteiger partial charge in [0.15, 0.2) is 0 Å². The topological polar surface area (TPSA) is 81.3 Å². The van der Waals surface area contributed by atoms with E-state index in [2.05, 4.69) is 23.8 Å². The van der Waals surface area contributed by atoms with Gasteiger partial charge in [-0.1, -0.05) is 71.6 Å². The molecule has 1 aliphatic rings. The van der Waals surface area contributed by atoms with E-state index in [1.54, 1.807) is 12.1 Å². The van der Waals surface area contributed by atoms with Gasteiger partial charge in [0.05, 0.1) is 18.7 Å². The van der Waals surface area contributed by atoms with Crippen molar-refractivity contribution >= 4 is 5.97 Å². The number of hydrogen-bond acceptors (Lipinski definition) is 5. The fourth-order valence-electron chi connectivity index (χ4n) is 4.95. The van der Waals surface area contributed by atoms with Gasteiger partial charge in [0.2, 0.25) is 5.75 Å². The Labute approximate surface area is 216 Å². The summed E-state index contributed by atoms with van der Waals surface area (Å²) in [5.74, 6) is 1.86. The van der Waals surface area contributed by atoms with Crippen LogP contribution in [0.15, 0.2) is 35.3 Å². The minimum atomic E-state index is -0.285. The second kappa shape index (κ2) is 15.5. The van der Waals surface area contributed by atoms with Crippen molar-refractivity contribution in [2.45, 2.75) is 104 Å². The minimum Gasteiger partial charge on any atom is -0.487 e. The quantitative estimate of drug-likeness (QED) is 0.157. The zero-order chi connectivity index (χ0) is 25.6. The number of aromatic nitrogens is 2. The van der Waals surface area contributed by atoms with Gasteiger partial charge in [0.1, 0.15) is 11.6 Å². The van der Waals surface area contributed by atoms with Gasteiger partial charge in [-0.15, -0.1) is 0 Å². The number of rotatable bonds is 15. The Morgan fingerprint density at radius 1 is 0.917 bits per heavy atom. The zero-order valence-electron chi connectivity index (χ0n) is 22.2. The molecule has 1 saturated carbocycles. The maximum atomic E-state index is 12.6. The first-order chi connectivity index (χ1) is 17.6. The van der Waals surface area contributed by atoms with Gasteiger partial charge in [0.25, 0.3) is 5.56 Å². The molecule has 1 fully saturated rings. The molecule has 6 nitrogen and oxygen atoms in total. The molecule has 0 unspecified atom stereocenters. The summed E-state index contributed by atoms with van der Waals surface area (Å²) in [5.41, 5.74) is 0.466. The van der Waals surface area contributed by atoms with E-state index >= 15 is 0 Å². The van der Waals surface area contributed by atoms with Gasteiger partial charge in [-0.2, -0.15) is 0 Å². The van der Waals surface area contributed by atoms with Gasteiger partial charge in [-0.05, 0) is 62.3 Å². The summed E-state index contributed by atoms with van der Waals surface area (Å²) < 4.78 is 11.3. The number of benzene rings is 1. The van der Waals surface area contributed by atoms with Crippen LogP contribution in [-0.4, -0.2) is 22.5 Å². The highest BCUT2D eigenvalue weighted by molar-refractivity contribution is 5.75. The first-order valence-electron chi connectivity index (χ1n) is 14.1. The van der Waals surface area contributed by atoms with Crippen molar-refractivity contribution in [2.24, 2.45) is 11.8 Å². The number of esters is 1. The van der Waals surface area contributed by atoms with E-state index in [-0.39, 0.29) is 23.2 Å². The third kappa shape index (κ3) is 9.11. The molecule has 0 saturated heterocycles. The molecule has 0 amide bonds. The first kappa shape index (κ1) is 27.9. The number of ether oxygens (including phenoxy) is 2. The van der Waals surface area contributed by atoms with Crippen molar-refractivity contribution in [3.05, 3.63) is 40.8 Å². The fourth-order valence-corrected chi connectivity index (χ4v) is 4.95. The number of carbonyl (C=O) groups is 1. The largest absolute Gasteiger partial charge is 0.487 e. The number of nitrogens with one attached hydrogen (secondary N) is 1. The summed E-state index contributed by atoms with van der Waals surface area (Å²) in [6, 6.07) is 7.13. The molecule has 36 heavy (non-hydrogen) atoms. The Morgan fingerprint density at radius 2 is 1.58 bits per heavy atom. The summed E-state index contributed by atoms with van der Waals surface area (Å²) >= 11 is 0. The van der Waals surface area contributed by atoms with Crippen LogP contribution in [0.4, 0.5) is 0 Å². The van der Waals surface area contributed by atoms with Gasteiger partial charge < -0.3 is 14.5 Å². The molecule has 6 heteroatoms. The molecule has 1 aromatic carbocycles. The average Bonchev–Trinajstić information content (AvgIpc) is 2.90. The second-order valence-electron chi connectivity index (χ2n) is 10.2. The molecule has 1 aliphatic carbocycles. The van der Waals surface area contributed by atoms with Crippen LogP contribution in [0.5, 0.6) is 11.5 Å². The van der Waals surface area contributed by atoms with Crippen LogP contribution in [0.2, 0.25) is 0 Å². The van der Waals surface area contributed by atoms with Gasteiger partial charge >= 0.3 is 5.97 Å². The molecular formula is C30H44N2O4. The van der Waals surface area contributed by atoms with Crippen LogP contribution in [-0.2, 0) is 4.79 Å². The summed E-state index contributed by atoms with van der Waals surface area (Å²) in [5, 5.41) is 0. The molecule has 1 aromatic heterocycles. The normalized spacial score (nSPS) is 17.6. The van der Waals surface area contributed by atoms with Gasteiger partial charge in [0, 0.05) is 5.56 Å². The number of nitrogens with zero attached hydrogens (tertiary/aromatic N) is 1. The van der Waals surface area contributed by atoms with E-state index in [4.69, 9.17) is 9.47 Å². The van der Waals surface area contributed by atoms with E-state index < -0.39 is 0 Å². The number of unbranched alkanes of at least 4 members (excludes halogenated alkanes) is 7. The highest BCUT2D eigenvalue weighted by atomic mass is 16.5. The molecule has 0 radical (unpaired) electrons. The summed E-state index contributed by atoms with van der Waals surface area (Å²) in [7, 11) is 0. The van der Waals surface area contributed by atoms with Crippen LogP contribution in [0.25, 0.3) is 11.4 Å². The van der Waals surface area contributed by atoms with Crippen molar-refractivity contribution in [1.29, 1.82) is 0 Å². The lowest BCUT2D eigenvalue weighted by Crippen LogP contribution is -2.25. The van der Waals surface area contributed by atoms with Crippen molar-refractivity contribution < 1.29 is 14.3 Å². The lowest BCUT2D eigenvalue weighted by molar-refractivity contribution is -0.140. The van der Waals surface area contributed by atoms with Gasteiger partial charge in [-0.3, -0.25) is 9.59 Å². The molecule has 3 rings (SSSR count). The van der Waals surface area contributed by atoms with Crippen molar-refractivity contribution in [3.63, 3.8) is 0 Å². The Hall–Kier alpha value is -2.63. The van der Waals surface area contributed by atoms with Crippen molar-refractivity contribution in [2.75, 3.05) is 6.61 Å². The highest BCUT2D eigenvalue weighted by Gasteiger charge is 2.27. The smallest absolute Gasteiger partial charge is 0.314 e. The number of aromatic amines is 1. The monoisotopic (exact) mass is 496 g/mol. The van der Waals surface area contributed by atoms with E-state index in [0.717, 1.165) is 50.0 Å². The van der Waals surface area contributed by atoms with Crippen LogP contribution in [0.1, 0.15) is 104 Å². The van der Waals surface area contributed by atoms with Crippen LogP contribution < -0.4 is 15.0 Å². The van der Waals surface area contributed by atoms with Crippen LogP contribution in [0.3, 0.4) is 0 Å². The van der Waals surface area contributed by atoms with Crippen molar-refractivity contribution in [3.8, 4) is 22.9 Å². The molecule has 0 atom stereocenters. The van der Waals surface area contributed by atoms with E-state index in [1.165, 1.54) is 57.6 Å². The molecule has 2 aromatic rings. The number of H-pyrrole nitrogens is 1. The predicted molar refractivity (Wildman–Crippen MR) is 144 cm³/mol. The molecule has 0 aliphatic heterocycles. The maximum absolute atomic E-state index is 12.6. The molecule has 0 bridgehead atoms. The number of hydrogen-bond donors (Lipinski definition) is 1. The van der Waals surface area contributed by atoms with E-state index in [0.29, 0.717) is 18.2 Å². The standard InChI is InChI=1S/C30H44N2O4/c1-3-5-7-8-9-11-21-35-27-22-31-28(32-29(27)33)24-17-19-26(20-18-24)36-30(34)25-15-13-23(14-16-25)12-10-6-4-2/h17-20,22-23,25H,3-16,21H2,1-2H3,(H,31,32,33)/t23-,25-. The minimum absolute atomic E-state index is 0.00555. The Kier molecular flexibility index (Phi) is 12.0. The van der Waals surface area contributed by atoms with Crippen LogP contribution >= 0.6 is 0 Å². The summed E-state index contributed by atoms with van der Waals surface area (Å²) in [6.45, 7) is 4.96. The third-order valence-electron chi connectivity index (χ3n) is 7.26. The SMILES string of the molecule is CCCCCCCCOc1cnc(-c2ccc(OC(=O)[C@H]3CC[C@H](CCCCC)CC3)cc2)[nH]c1=O. The fraction of sp³-hybridized carbons (Fsp3) is 0.633. The lowest BCUT2D eigenvalue weighted by Gasteiger charge is -2.27. The maximum Gasteiger partial charge on any atom is 0.314 e. The second-order valence-corrected chi connectivity index (χ2v) is 10.2. The van der Waals surface area contributed by atoms with E-state index in [1.807, 2.05) is 12.1 Å². The lowest BCUT2D eigenvalue weighted by atomic mass is 9.80. The summed E-state index contributed by atoms with van der Waals surface area (Å²) in [6.07, 6.45) is 17.7. The molecular weight excluding hydrogens is 452 g/mol. The molecule has 0 spiro atoms. The average molecular weight is 497 g/mol. The van der Waals surface area contributed by atoms with Gasteiger partial charge in [-0.25, -0.2) is 4.98 Å². The summed E-state index contributed by atoms with van der Waals surface area (Å²) in [4.78, 5) is 32.2. The zero-order valence-corrected chi connectivity index (χ0v) is 22.2. The number of carbonyl (C=O) groups excluding carboxylic acids is 1. The third-order valence-corrected chi connectivity index (χ3v) is 7.26. The highest BCUT2D eigenvalue weighted by Crippen LogP contribution is 2.33. The first-order valence-corrected chi connectivity index (χ1v) is 14.1.